The third kappa shape index (κ3) is 2.94. The lowest BCUT2D eigenvalue weighted by Gasteiger charge is -2.12. The van der Waals surface area contributed by atoms with Crippen LogP contribution < -0.4 is 4.74 Å². The molecular weight excluding hydrogens is 288 g/mol. The summed E-state index contributed by atoms with van der Waals surface area (Å²) in [6.45, 7) is 6.87. The molecule has 0 saturated heterocycles. The molecule has 0 heterocycles. The van der Waals surface area contributed by atoms with Gasteiger partial charge in [0.2, 0.25) is 0 Å². The van der Waals surface area contributed by atoms with Gasteiger partial charge in [0, 0.05) is 4.47 Å². The van der Waals surface area contributed by atoms with E-state index < -0.39 is 0 Å². The molecule has 0 atom stereocenters. The molecule has 0 radical (unpaired) electrons. The van der Waals surface area contributed by atoms with E-state index in [0.29, 0.717) is 6.61 Å². The van der Waals surface area contributed by atoms with Gasteiger partial charge in [0.15, 0.2) is 0 Å². The fourth-order valence-corrected chi connectivity index (χ4v) is 2.30. The SMILES string of the molecule is Cc1cc(OCc2ccccc2C)c(C)cc1Br. The van der Waals surface area contributed by atoms with Gasteiger partial charge in [0.05, 0.1) is 0 Å². The predicted octanol–water partition coefficient (Wildman–Crippen LogP) is 4.95. The second-order valence-corrected chi connectivity index (χ2v) is 5.44. The zero-order chi connectivity index (χ0) is 13.1. The van der Waals surface area contributed by atoms with Crippen LogP contribution in [0.25, 0.3) is 0 Å². The lowest BCUT2D eigenvalue weighted by atomic mass is 10.1. The quantitative estimate of drug-likeness (QED) is 0.779. The molecule has 0 aliphatic rings. The van der Waals surface area contributed by atoms with Crippen LogP contribution in [0.15, 0.2) is 40.9 Å². The molecule has 2 aromatic carbocycles. The van der Waals surface area contributed by atoms with Crippen LogP contribution in [0.5, 0.6) is 5.75 Å². The molecule has 0 N–H and O–H groups in total. The third-order valence-electron chi connectivity index (χ3n) is 3.10. The molecule has 0 bridgehead atoms. The highest BCUT2D eigenvalue weighted by Crippen LogP contribution is 2.27. The maximum atomic E-state index is 5.92. The Morgan fingerprint density at radius 2 is 1.67 bits per heavy atom. The summed E-state index contributed by atoms with van der Waals surface area (Å²) in [7, 11) is 0. The minimum Gasteiger partial charge on any atom is -0.489 e. The molecule has 0 saturated carbocycles. The van der Waals surface area contributed by atoms with E-state index in [1.807, 2.05) is 12.1 Å². The normalized spacial score (nSPS) is 10.4. The first-order valence-corrected chi connectivity index (χ1v) is 6.81. The van der Waals surface area contributed by atoms with E-state index in [1.165, 1.54) is 16.7 Å². The van der Waals surface area contributed by atoms with E-state index in [-0.39, 0.29) is 0 Å². The van der Waals surface area contributed by atoms with Gasteiger partial charge in [-0.1, -0.05) is 40.2 Å². The first kappa shape index (κ1) is 13.2. The van der Waals surface area contributed by atoms with Crippen molar-refractivity contribution in [2.75, 3.05) is 0 Å². The molecule has 0 aliphatic carbocycles. The van der Waals surface area contributed by atoms with Gasteiger partial charge >= 0.3 is 0 Å². The van der Waals surface area contributed by atoms with Gasteiger partial charge in [-0.25, -0.2) is 0 Å². The summed E-state index contributed by atoms with van der Waals surface area (Å²) in [6.07, 6.45) is 0. The van der Waals surface area contributed by atoms with E-state index in [2.05, 4.69) is 61.0 Å². The smallest absolute Gasteiger partial charge is 0.123 e. The number of benzene rings is 2. The third-order valence-corrected chi connectivity index (χ3v) is 3.95. The lowest BCUT2D eigenvalue weighted by molar-refractivity contribution is 0.303. The summed E-state index contributed by atoms with van der Waals surface area (Å²) < 4.78 is 7.05. The van der Waals surface area contributed by atoms with E-state index in [9.17, 15) is 0 Å². The Bertz CT molecular complexity index is 561. The molecule has 2 rings (SSSR count). The molecule has 2 aromatic rings. The summed E-state index contributed by atoms with van der Waals surface area (Å²) in [6, 6.07) is 12.5. The Morgan fingerprint density at radius 1 is 0.944 bits per heavy atom. The van der Waals surface area contributed by atoms with E-state index in [0.717, 1.165) is 15.8 Å². The average molecular weight is 305 g/mol. The van der Waals surface area contributed by atoms with Crippen LogP contribution in [-0.2, 0) is 6.61 Å². The molecule has 1 nitrogen and oxygen atoms in total. The number of hydrogen-bond donors (Lipinski definition) is 0. The minimum atomic E-state index is 0.620. The molecule has 0 aromatic heterocycles. The zero-order valence-electron chi connectivity index (χ0n) is 11.0. The largest absolute Gasteiger partial charge is 0.489 e. The van der Waals surface area contributed by atoms with Crippen molar-refractivity contribution in [1.82, 2.24) is 0 Å². The van der Waals surface area contributed by atoms with Crippen molar-refractivity contribution >= 4 is 15.9 Å². The first-order valence-electron chi connectivity index (χ1n) is 6.02. The zero-order valence-corrected chi connectivity index (χ0v) is 12.5. The van der Waals surface area contributed by atoms with Gasteiger partial charge in [-0.2, -0.15) is 0 Å². The van der Waals surface area contributed by atoms with Gasteiger partial charge < -0.3 is 4.74 Å². The van der Waals surface area contributed by atoms with Crippen molar-refractivity contribution < 1.29 is 4.74 Å². The predicted molar refractivity (Wildman–Crippen MR) is 79.1 cm³/mol. The monoisotopic (exact) mass is 304 g/mol. The number of ether oxygens (including phenoxy) is 1. The highest BCUT2D eigenvalue weighted by molar-refractivity contribution is 9.10. The van der Waals surface area contributed by atoms with Crippen LogP contribution in [0.2, 0.25) is 0 Å². The Morgan fingerprint density at radius 3 is 2.39 bits per heavy atom. The molecule has 94 valence electrons. The standard InChI is InChI=1S/C16H17BrO/c1-11-6-4-5-7-14(11)10-18-16-9-12(2)15(17)8-13(16)3/h4-9H,10H2,1-3H3. The molecule has 0 spiro atoms. The Labute approximate surface area is 117 Å². The minimum absolute atomic E-state index is 0.620. The van der Waals surface area contributed by atoms with Crippen molar-refractivity contribution in [3.8, 4) is 5.75 Å². The highest BCUT2D eigenvalue weighted by atomic mass is 79.9. The number of rotatable bonds is 3. The molecule has 0 unspecified atom stereocenters. The van der Waals surface area contributed by atoms with Gasteiger partial charge in [0.1, 0.15) is 12.4 Å². The van der Waals surface area contributed by atoms with E-state index in [4.69, 9.17) is 4.74 Å². The van der Waals surface area contributed by atoms with Crippen molar-refractivity contribution in [2.45, 2.75) is 27.4 Å². The Hall–Kier alpha value is -1.28. The fourth-order valence-electron chi connectivity index (χ4n) is 1.84. The molecule has 2 heteroatoms. The van der Waals surface area contributed by atoms with Crippen molar-refractivity contribution in [2.24, 2.45) is 0 Å². The van der Waals surface area contributed by atoms with Crippen LogP contribution in [0.3, 0.4) is 0 Å². The average Bonchev–Trinajstić information content (AvgIpc) is 2.34. The van der Waals surface area contributed by atoms with Crippen LogP contribution >= 0.6 is 15.9 Å². The Kier molecular flexibility index (Phi) is 4.07. The van der Waals surface area contributed by atoms with E-state index >= 15 is 0 Å². The first-order chi connectivity index (χ1) is 8.58. The second kappa shape index (κ2) is 5.57. The van der Waals surface area contributed by atoms with Crippen molar-refractivity contribution in [3.63, 3.8) is 0 Å². The second-order valence-electron chi connectivity index (χ2n) is 4.58. The fraction of sp³-hybridized carbons (Fsp3) is 0.250. The maximum absolute atomic E-state index is 5.92. The summed E-state index contributed by atoms with van der Waals surface area (Å²) in [5.74, 6) is 0.957. The highest BCUT2D eigenvalue weighted by Gasteiger charge is 2.05. The molecule has 0 fully saturated rings. The molecular formula is C16H17BrO. The van der Waals surface area contributed by atoms with Gasteiger partial charge in [-0.3, -0.25) is 0 Å². The molecule has 0 aliphatic heterocycles. The van der Waals surface area contributed by atoms with Gasteiger partial charge in [-0.15, -0.1) is 0 Å². The van der Waals surface area contributed by atoms with Gasteiger partial charge in [0.25, 0.3) is 0 Å². The summed E-state index contributed by atoms with van der Waals surface area (Å²) in [5, 5.41) is 0. The number of halogens is 1. The Balaban J connectivity index is 2.16. The van der Waals surface area contributed by atoms with Crippen LogP contribution in [0.1, 0.15) is 22.3 Å². The van der Waals surface area contributed by atoms with Gasteiger partial charge in [-0.05, 0) is 55.2 Å². The lowest BCUT2D eigenvalue weighted by Crippen LogP contribution is -1.99. The van der Waals surface area contributed by atoms with Crippen molar-refractivity contribution in [3.05, 3.63) is 63.1 Å². The summed E-state index contributed by atoms with van der Waals surface area (Å²) >= 11 is 3.53. The molecule has 18 heavy (non-hydrogen) atoms. The van der Waals surface area contributed by atoms with Crippen molar-refractivity contribution in [1.29, 1.82) is 0 Å². The molecule has 0 amide bonds. The van der Waals surface area contributed by atoms with E-state index in [1.54, 1.807) is 0 Å². The van der Waals surface area contributed by atoms with Crippen LogP contribution in [0.4, 0.5) is 0 Å². The number of aryl methyl sites for hydroxylation is 3. The number of hydrogen-bond acceptors (Lipinski definition) is 1. The van der Waals surface area contributed by atoms with Crippen LogP contribution in [0, 0.1) is 20.8 Å². The van der Waals surface area contributed by atoms with Crippen LogP contribution in [-0.4, -0.2) is 0 Å². The summed E-state index contributed by atoms with van der Waals surface area (Å²) in [5.41, 5.74) is 4.85. The maximum Gasteiger partial charge on any atom is 0.123 e. The topological polar surface area (TPSA) is 9.23 Å². The summed E-state index contributed by atoms with van der Waals surface area (Å²) in [4.78, 5) is 0.